The molecule has 5 nitrogen and oxygen atoms in total. The number of nitrogens with one attached hydrogen (secondary N) is 1. The Bertz CT molecular complexity index is 805. The minimum atomic E-state index is 0.554. The third-order valence-electron chi connectivity index (χ3n) is 3.68. The third-order valence-corrected chi connectivity index (χ3v) is 4.17. The summed E-state index contributed by atoms with van der Waals surface area (Å²) in [6.45, 7) is 1.45. The Kier molecular flexibility index (Phi) is 5.27. The molecule has 0 saturated carbocycles. The van der Waals surface area contributed by atoms with Crippen LogP contribution in [0.15, 0.2) is 57.4 Å². The molecule has 3 rings (SSSR count). The van der Waals surface area contributed by atoms with Gasteiger partial charge < -0.3 is 14.1 Å². The highest BCUT2D eigenvalue weighted by Crippen LogP contribution is 2.22. The summed E-state index contributed by atoms with van der Waals surface area (Å²) in [5, 5.41) is 8.29. The lowest BCUT2D eigenvalue weighted by Gasteiger charge is -2.14. The van der Waals surface area contributed by atoms with Crippen molar-refractivity contribution in [1.29, 1.82) is 0 Å². The smallest absolute Gasteiger partial charge is 0.271 e. The van der Waals surface area contributed by atoms with Gasteiger partial charge in [-0.2, -0.15) is 0 Å². The minimum absolute atomic E-state index is 0.554. The predicted octanol–water partition coefficient (Wildman–Crippen LogP) is 2.72. The van der Waals surface area contributed by atoms with Crippen LogP contribution in [0, 0.1) is 0 Å². The summed E-state index contributed by atoms with van der Waals surface area (Å²) in [7, 11) is 3.78. The van der Waals surface area contributed by atoms with Crippen LogP contribution in [-0.4, -0.2) is 24.4 Å². The lowest BCUT2D eigenvalue weighted by atomic mass is 10.2. The van der Waals surface area contributed by atoms with E-state index in [2.05, 4.69) is 39.2 Å². The second-order valence-corrected chi connectivity index (χ2v) is 6.55. The van der Waals surface area contributed by atoms with E-state index in [1.165, 1.54) is 4.90 Å². The molecule has 24 heavy (non-hydrogen) atoms. The van der Waals surface area contributed by atoms with Gasteiger partial charge >= 0.3 is 0 Å². The van der Waals surface area contributed by atoms with Crippen LogP contribution in [-0.2, 0) is 13.1 Å². The number of rotatable bonds is 6. The minimum Gasteiger partial charge on any atom is -0.496 e. The van der Waals surface area contributed by atoms with Crippen LogP contribution in [0.2, 0.25) is 0 Å². The molecule has 0 bridgehead atoms. The highest BCUT2D eigenvalue weighted by Gasteiger charge is 2.15. The van der Waals surface area contributed by atoms with E-state index < -0.39 is 0 Å². The van der Waals surface area contributed by atoms with Crippen LogP contribution >= 0.6 is 15.9 Å². The summed E-state index contributed by atoms with van der Waals surface area (Å²) in [6, 6.07) is 15.8. The van der Waals surface area contributed by atoms with Crippen molar-refractivity contribution in [3.05, 3.63) is 64.5 Å². The van der Waals surface area contributed by atoms with E-state index in [1.807, 2.05) is 42.5 Å². The van der Waals surface area contributed by atoms with Gasteiger partial charge in [0.1, 0.15) is 12.3 Å². The highest BCUT2D eigenvalue weighted by molar-refractivity contribution is 9.10. The number of aromatic nitrogens is 2. The number of methoxy groups -OCH3 is 1. The Morgan fingerprint density at radius 2 is 1.88 bits per heavy atom. The fraction of sp³-hybridized carbons (Fsp3) is 0.222. The Labute approximate surface area is 149 Å². The quantitative estimate of drug-likeness (QED) is 0.705. The Hall–Kier alpha value is -2.18. The zero-order chi connectivity index (χ0) is 16.9. The Morgan fingerprint density at radius 1 is 1.08 bits per heavy atom. The van der Waals surface area contributed by atoms with Gasteiger partial charge in [0.15, 0.2) is 6.54 Å². The van der Waals surface area contributed by atoms with Crippen LogP contribution in [0.5, 0.6) is 5.75 Å². The van der Waals surface area contributed by atoms with E-state index in [0.29, 0.717) is 18.3 Å². The fourth-order valence-corrected chi connectivity index (χ4v) is 2.96. The predicted molar refractivity (Wildman–Crippen MR) is 94.7 cm³/mol. The first kappa shape index (κ1) is 16.7. The summed E-state index contributed by atoms with van der Waals surface area (Å²) in [6.07, 6.45) is 0. The molecule has 0 spiro atoms. The fourth-order valence-electron chi connectivity index (χ4n) is 2.55. The standard InChI is InChI=1S/C18H18BrN3O2/c1-22(11-14-10-15(19)8-9-16(14)23-2)12-17-20-21-18(24-17)13-6-4-3-5-7-13/h3-10H,11-12H2,1-2H3/p+1. The van der Waals surface area contributed by atoms with Gasteiger partial charge in [-0.05, 0) is 30.3 Å². The maximum Gasteiger partial charge on any atom is 0.271 e. The van der Waals surface area contributed by atoms with Crippen molar-refractivity contribution >= 4 is 15.9 Å². The zero-order valence-corrected chi connectivity index (χ0v) is 15.2. The van der Waals surface area contributed by atoms with Gasteiger partial charge in [-0.1, -0.05) is 34.1 Å². The molecule has 124 valence electrons. The van der Waals surface area contributed by atoms with Gasteiger partial charge in [0.05, 0.1) is 14.2 Å². The van der Waals surface area contributed by atoms with Crippen molar-refractivity contribution in [2.75, 3.05) is 14.2 Å². The number of quaternary nitrogens is 1. The molecular formula is C18H19BrN3O2+. The molecule has 3 aromatic rings. The van der Waals surface area contributed by atoms with Crippen LogP contribution in [0.25, 0.3) is 11.5 Å². The van der Waals surface area contributed by atoms with Crippen molar-refractivity contribution in [1.82, 2.24) is 10.2 Å². The summed E-state index contributed by atoms with van der Waals surface area (Å²) in [5.74, 6) is 2.06. The number of hydrogen-bond donors (Lipinski definition) is 1. The van der Waals surface area contributed by atoms with Crippen molar-refractivity contribution < 1.29 is 14.1 Å². The monoisotopic (exact) mass is 388 g/mol. The van der Waals surface area contributed by atoms with E-state index >= 15 is 0 Å². The zero-order valence-electron chi connectivity index (χ0n) is 13.6. The number of hydrogen-bond acceptors (Lipinski definition) is 4. The van der Waals surface area contributed by atoms with Gasteiger partial charge in [-0.25, -0.2) is 0 Å². The summed E-state index contributed by atoms with van der Waals surface area (Å²) < 4.78 is 12.2. The maximum atomic E-state index is 5.77. The van der Waals surface area contributed by atoms with Gasteiger partial charge in [0, 0.05) is 15.6 Å². The van der Waals surface area contributed by atoms with E-state index in [1.54, 1.807) is 7.11 Å². The molecule has 0 aliphatic carbocycles. The first-order chi connectivity index (χ1) is 11.7. The molecule has 0 saturated heterocycles. The number of halogens is 1. The molecule has 1 N–H and O–H groups in total. The molecular weight excluding hydrogens is 370 g/mol. The van der Waals surface area contributed by atoms with Gasteiger partial charge in [0.2, 0.25) is 5.89 Å². The first-order valence-corrected chi connectivity index (χ1v) is 8.46. The molecule has 6 heteroatoms. The van der Waals surface area contributed by atoms with Crippen molar-refractivity contribution in [2.24, 2.45) is 0 Å². The largest absolute Gasteiger partial charge is 0.496 e. The van der Waals surface area contributed by atoms with Crippen molar-refractivity contribution in [2.45, 2.75) is 13.1 Å². The van der Waals surface area contributed by atoms with Crippen LogP contribution in [0.1, 0.15) is 11.5 Å². The lowest BCUT2D eigenvalue weighted by molar-refractivity contribution is -0.909. The van der Waals surface area contributed by atoms with Gasteiger partial charge in [-0.3, -0.25) is 0 Å². The molecule has 1 atom stereocenters. The first-order valence-electron chi connectivity index (χ1n) is 7.67. The SMILES string of the molecule is COc1ccc(Br)cc1C[NH+](C)Cc1nnc(-c2ccccc2)o1. The molecule has 1 unspecified atom stereocenters. The van der Waals surface area contributed by atoms with E-state index in [4.69, 9.17) is 9.15 Å². The average Bonchev–Trinajstić information content (AvgIpc) is 3.04. The molecule has 0 radical (unpaired) electrons. The second kappa shape index (κ2) is 7.59. The number of ether oxygens (including phenoxy) is 1. The Balaban J connectivity index is 1.69. The number of benzene rings is 2. The maximum absolute atomic E-state index is 5.77. The molecule has 2 aromatic carbocycles. The summed E-state index contributed by atoms with van der Waals surface area (Å²) in [4.78, 5) is 1.23. The lowest BCUT2D eigenvalue weighted by Crippen LogP contribution is -3.06. The van der Waals surface area contributed by atoms with E-state index in [-0.39, 0.29) is 0 Å². The van der Waals surface area contributed by atoms with Gasteiger partial charge in [0.25, 0.3) is 5.89 Å². The second-order valence-electron chi connectivity index (χ2n) is 5.63. The van der Waals surface area contributed by atoms with Crippen molar-refractivity contribution in [3.63, 3.8) is 0 Å². The third kappa shape index (κ3) is 4.01. The topological polar surface area (TPSA) is 52.6 Å². The molecule has 1 heterocycles. The molecule has 0 aliphatic rings. The molecule has 0 aliphatic heterocycles. The van der Waals surface area contributed by atoms with E-state index in [0.717, 1.165) is 27.9 Å². The van der Waals surface area contributed by atoms with Gasteiger partial charge in [-0.15, -0.1) is 10.2 Å². The van der Waals surface area contributed by atoms with E-state index in [9.17, 15) is 0 Å². The van der Waals surface area contributed by atoms with Crippen LogP contribution in [0.3, 0.4) is 0 Å². The average molecular weight is 389 g/mol. The molecule has 0 fully saturated rings. The molecule has 1 aromatic heterocycles. The normalized spacial score (nSPS) is 12.1. The van der Waals surface area contributed by atoms with Crippen LogP contribution < -0.4 is 9.64 Å². The summed E-state index contributed by atoms with van der Waals surface area (Å²) in [5.41, 5.74) is 2.06. The summed E-state index contributed by atoms with van der Waals surface area (Å²) >= 11 is 3.51. The highest BCUT2D eigenvalue weighted by atomic mass is 79.9. The molecule has 0 amide bonds. The number of nitrogens with zero attached hydrogens (tertiary/aromatic N) is 2. The van der Waals surface area contributed by atoms with Crippen molar-refractivity contribution in [3.8, 4) is 17.2 Å². The van der Waals surface area contributed by atoms with Crippen LogP contribution in [0.4, 0.5) is 0 Å². The Morgan fingerprint density at radius 3 is 2.62 bits per heavy atom.